The molecule has 0 aliphatic carbocycles. The highest BCUT2D eigenvalue weighted by atomic mass is 35.5. The molecule has 0 spiro atoms. The molecule has 0 fully saturated rings. The number of nitrogens with one attached hydrogen (secondary N) is 1. The van der Waals surface area contributed by atoms with Crippen LogP contribution in [0.1, 0.15) is 44.9 Å². The van der Waals surface area contributed by atoms with Crippen molar-refractivity contribution in [1.82, 2.24) is 15.1 Å². The molecule has 0 saturated carbocycles. The molecule has 0 unspecified atom stereocenters. The van der Waals surface area contributed by atoms with Crippen molar-refractivity contribution in [3.8, 4) is 11.4 Å². The molecule has 0 bridgehead atoms. The predicted octanol–water partition coefficient (Wildman–Crippen LogP) is 3.87. The van der Waals surface area contributed by atoms with Crippen LogP contribution in [0.2, 0.25) is 5.02 Å². The van der Waals surface area contributed by atoms with E-state index >= 15 is 0 Å². The van der Waals surface area contributed by atoms with Crippen molar-refractivity contribution in [3.63, 3.8) is 0 Å². The summed E-state index contributed by atoms with van der Waals surface area (Å²) < 4.78 is 15.4. The summed E-state index contributed by atoms with van der Waals surface area (Å²) in [7, 11) is 0. The fraction of sp³-hybridized carbons (Fsp3) is 0.263. The molecule has 0 aliphatic rings. The van der Waals surface area contributed by atoms with Crippen molar-refractivity contribution in [2.45, 2.75) is 27.4 Å². The Kier molecular flexibility index (Phi) is 5.79. The van der Waals surface area contributed by atoms with Gasteiger partial charge in [-0.3, -0.25) is 0 Å². The maximum Gasteiger partial charge on any atom is 0.355 e. The summed E-state index contributed by atoms with van der Waals surface area (Å²) in [5.41, 5.74) is 2.21. The van der Waals surface area contributed by atoms with E-state index in [9.17, 15) is 9.59 Å². The van der Waals surface area contributed by atoms with E-state index < -0.39 is 11.9 Å². The highest BCUT2D eigenvalue weighted by Gasteiger charge is 2.24. The first-order chi connectivity index (χ1) is 13.4. The molecule has 3 rings (SSSR count). The summed E-state index contributed by atoms with van der Waals surface area (Å²) in [6.45, 7) is 5.08. The van der Waals surface area contributed by atoms with Crippen molar-refractivity contribution in [1.29, 1.82) is 0 Å². The zero-order valence-electron chi connectivity index (χ0n) is 15.5. The molecule has 8 nitrogen and oxygen atoms in total. The first kappa shape index (κ1) is 19.6. The molecule has 28 heavy (non-hydrogen) atoms. The number of esters is 2. The van der Waals surface area contributed by atoms with E-state index in [4.69, 9.17) is 25.6 Å². The monoisotopic (exact) mass is 403 g/mol. The van der Waals surface area contributed by atoms with Gasteiger partial charge in [-0.15, -0.1) is 0 Å². The standard InChI is InChI=1S/C19H18ClN3O5/c1-4-26-19(25)16-10(2)15(11(3)21-16)18(24)27-9-14-22-17(23-28-14)12-5-7-13(20)8-6-12/h5-8,21H,4,9H2,1-3H3. The Labute approximate surface area is 165 Å². The molecular weight excluding hydrogens is 386 g/mol. The van der Waals surface area contributed by atoms with Crippen molar-refractivity contribution in [2.75, 3.05) is 6.61 Å². The van der Waals surface area contributed by atoms with Gasteiger partial charge in [0.25, 0.3) is 5.89 Å². The topological polar surface area (TPSA) is 107 Å². The third-order valence-electron chi connectivity index (χ3n) is 4.02. The minimum atomic E-state index is -0.604. The van der Waals surface area contributed by atoms with Crippen LogP contribution in [0.4, 0.5) is 0 Å². The van der Waals surface area contributed by atoms with Gasteiger partial charge in [-0.2, -0.15) is 4.98 Å². The second-order valence-corrected chi connectivity index (χ2v) is 6.38. The number of ether oxygens (including phenoxy) is 2. The number of nitrogens with zero attached hydrogens (tertiary/aromatic N) is 2. The van der Waals surface area contributed by atoms with Crippen molar-refractivity contribution < 1.29 is 23.6 Å². The second kappa shape index (κ2) is 8.26. The first-order valence-electron chi connectivity index (χ1n) is 8.52. The SMILES string of the molecule is CCOC(=O)c1[nH]c(C)c(C(=O)OCc2nc(-c3ccc(Cl)cc3)no2)c1C. The summed E-state index contributed by atoms with van der Waals surface area (Å²) >= 11 is 5.86. The van der Waals surface area contributed by atoms with E-state index in [2.05, 4.69) is 15.1 Å². The molecule has 0 atom stereocenters. The van der Waals surface area contributed by atoms with Gasteiger partial charge >= 0.3 is 11.9 Å². The lowest BCUT2D eigenvalue weighted by Gasteiger charge is -2.03. The number of carbonyl (C=O) groups is 2. The number of aryl methyl sites for hydroxylation is 1. The lowest BCUT2D eigenvalue weighted by Crippen LogP contribution is -2.09. The van der Waals surface area contributed by atoms with E-state index in [-0.39, 0.29) is 30.4 Å². The van der Waals surface area contributed by atoms with E-state index in [0.29, 0.717) is 22.1 Å². The lowest BCUT2D eigenvalue weighted by atomic mass is 10.1. The number of aromatic nitrogens is 3. The van der Waals surface area contributed by atoms with Crippen LogP contribution in [-0.2, 0) is 16.1 Å². The summed E-state index contributed by atoms with van der Waals surface area (Å²) in [4.78, 5) is 31.5. The van der Waals surface area contributed by atoms with Gasteiger partial charge in [-0.1, -0.05) is 16.8 Å². The number of rotatable bonds is 6. The minimum Gasteiger partial charge on any atom is -0.461 e. The molecule has 2 aromatic heterocycles. The van der Waals surface area contributed by atoms with Crippen LogP contribution < -0.4 is 0 Å². The average Bonchev–Trinajstić information content (AvgIpc) is 3.25. The largest absolute Gasteiger partial charge is 0.461 e. The molecule has 3 aromatic rings. The van der Waals surface area contributed by atoms with Crippen LogP contribution in [0, 0.1) is 13.8 Å². The average molecular weight is 404 g/mol. The van der Waals surface area contributed by atoms with Crippen molar-refractivity contribution >= 4 is 23.5 Å². The third-order valence-corrected chi connectivity index (χ3v) is 4.27. The van der Waals surface area contributed by atoms with E-state index in [0.717, 1.165) is 5.56 Å². The number of hydrogen-bond acceptors (Lipinski definition) is 7. The molecular formula is C19H18ClN3O5. The maximum absolute atomic E-state index is 12.5. The highest BCUT2D eigenvalue weighted by molar-refractivity contribution is 6.30. The third kappa shape index (κ3) is 4.07. The second-order valence-electron chi connectivity index (χ2n) is 5.94. The minimum absolute atomic E-state index is 0.148. The quantitative estimate of drug-likeness (QED) is 0.622. The number of halogens is 1. The normalized spacial score (nSPS) is 10.7. The molecule has 2 heterocycles. The molecule has 9 heteroatoms. The van der Waals surface area contributed by atoms with Gasteiger partial charge < -0.3 is 19.0 Å². The van der Waals surface area contributed by atoms with Gasteiger partial charge in [0.2, 0.25) is 5.82 Å². The smallest absolute Gasteiger partial charge is 0.355 e. The van der Waals surface area contributed by atoms with Crippen LogP contribution in [0.5, 0.6) is 0 Å². The number of H-pyrrole nitrogens is 1. The van der Waals surface area contributed by atoms with E-state index in [1.165, 1.54) is 0 Å². The Morgan fingerprint density at radius 3 is 2.54 bits per heavy atom. The fourth-order valence-corrected chi connectivity index (χ4v) is 2.82. The van der Waals surface area contributed by atoms with Gasteiger partial charge in [0.15, 0.2) is 6.61 Å². The van der Waals surface area contributed by atoms with E-state index in [1.54, 1.807) is 45.0 Å². The molecule has 146 valence electrons. The van der Waals surface area contributed by atoms with Gasteiger partial charge in [0.1, 0.15) is 5.69 Å². The summed E-state index contributed by atoms with van der Waals surface area (Å²) in [5.74, 6) is -0.615. The fourth-order valence-electron chi connectivity index (χ4n) is 2.69. The van der Waals surface area contributed by atoms with Crippen LogP contribution in [-0.4, -0.2) is 33.7 Å². The van der Waals surface area contributed by atoms with Crippen LogP contribution in [0.15, 0.2) is 28.8 Å². The van der Waals surface area contributed by atoms with Gasteiger partial charge in [-0.25, -0.2) is 9.59 Å². The Hall–Kier alpha value is -3.13. The molecule has 1 N–H and O–H groups in total. The zero-order valence-corrected chi connectivity index (χ0v) is 16.3. The van der Waals surface area contributed by atoms with Gasteiger partial charge in [0, 0.05) is 16.3 Å². The van der Waals surface area contributed by atoms with Crippen LogP contribution in [0.25, 0.3) is 11.4 Å². The Bertz CT molecular complexity index is 1010. The van der Waals surface area contributed by atoms with E-state index in [1.807, 2.05) is 0 Å². The number of carbonyl (C=O) groups excluding carboxylic acids is 2. The maximum atomic E-state index is 12.5. The Morgan fingerprint density at radius 1 is 1.14 bits per heavy atom. The zero-order chi connectivity index (χ0) is 20.3. The highest BCUT2D eigenvalue weighted by Crippen LogP contribution is 2.21. The number of hydrogen-bond donors (Lipinski definition) is 1. The molecule has 1 aromatic carbocycles. The summed E-state index contributed by atoms with van der Waals surface area (Å²) in [5, 5.41) is 4.46. The predicted molar refractivity (Wildman–Crippen MR) is 100 cm³/mol. The lowest BCUT2D eigenvalue weighted by molar-refractivity contribution is 0.0428. The van der Waals surface area contributed by atoms with Crippen LogP contribution >= 0.6 is 11.6 Å². The summed E-state index contributed by atoms with van der Waals surface area (Å²) in [6.07, 6.45) is 0. The molecule has 0 radical (unpaired) electrons. The molecule has 0 amide bonds. The van der Waals surface area contributed by atoms with Crippen LogP contribution in [0.3, 0.4) is 0 Å². The van der Waals surface area contributed by atoms with Crippen molar-refractivity contribution in [2.24, 2.45) is 0 Å². The van der Waals surface area contributed by atoms with Crippen molar-refractivity contribution in [3.05, 3.63) is 57.7 Å². The first-order valence-corrected chi connectivity index (χ1v) is 8.90. The summed E-state index contributed by atoms with van der Waals surface area (Å²) in [6, 6.07) is 6.94. The number of benzene rings is 1. The number of aromatic amines is 1. The molecule has 0 aliphatic heterocycles. The van der Waals surface area contributed by atoms with Gasteiger partial charge in [0.05, 0.1) is 12.2 Å². The molecule has 0 saturated heterocycles. The Balaban J connectivity index is 1.70. The van der Waals surface area contributed by atoms with Gasteiger partial charge in [-0.05, 0) is 50.6 Å². The Morgan fingerprint density at radius 2 is 1.86 bits per heavy atom.